The molecule has 0 aliphatic carbocycles. The van der Waals surface area contributed by atoms with Crippen molar-refractivity contribution < 1.29 is 4.79 Å². The number of benzene rings is 2. The highest BCUT2D eigenvalue weighted by atomic mass is 79.9. The Morgan fingerprint density at radius 3 is 2.41 bits per heavy atom. The van der Waals surface area contributed by atoms with Crippen LogP contribution in [0.3, 0.4) is 0 Å². The van der Waals surface area contributed by atoms with E-state index in [4.69, 9.17) is 0 Å². The number of hydrogen-bond donors (Lipinski definition) is 1. The number of pyridine rings is 1. The zero-order chi connectivity index (χ0) is 18.6. The fourth-order valence-electron chi connectivity index (χ4n) is 2.66. The summed E-state index contributed by atoms with van der Waals surface area (Å²) in [5.74, 6) is -0.357. The lowest BCUT2D eigenvalue weighted by atomic mass is 10.2. The average Bonchev–Trinajstić information content (AvgIpc) is 3.16. The molecule has 2 aromatic carbocycles. The molecule has 0 radical (unpaired) electrons. The van der Waals surface area contributed by atoms with Crippen LogP contribution in [-0.2, 0) is 0 Å². The van der Waals surface area contributed by atoms with Crippen LogP contribution in [0.4, 0.5) is 5.69 Å². The van der Waals surface area contributed by atoms with Gasteiger partial charge in [0.05, 0.1) is 17.1 Å². The van der Waals surface area contributed by atoms with Crippen molar-refractivity contribution in [3.63, 3.8) is 0 Å². The quantitative estimate of drug-likeness (QED) is 0.533. The summed E-state index contributed by atoms with van der Waals surface area (Å²) >= 11 is 3.43. The third kappa shape index (κ3) is 3.50. The van der Waals surface area contributed by atoms with Gasteiger partial charge in [-0.2, -0.15) is 0 Å². The van der Waals surface area contributed by atoms with Gasteiger partial charge in [0.2, 0.25) is 0 Å². The summed E-state index contributed by atoms with van der Waals surface area (Å²) < 4.78 is 2.41. The van der Waals surface area contributed by atoms with Crippen molar-refractivity contribution in [1.29, 1.82) is 0 Å². The number of hydrogen-bond acceptors (Lipinski definition) is 4. The van der Waals surface area contributed by atoms with E-state index in [-0.39, 0.29) is 11.6 Å². The van der Waals surface area contributed by atoms with Gasteiger partial charge in [-0.25, -0.2) is 4.68 Å². The summed E-state index contributed by atoms with van der Waals surface area (Å²) in [6.45, 7) is 0. The second kappa shape index (κ2) is 7.51. The van der Waals surface area contributed by atoms with Crippen molar-refractivity contribution in [1.82, 2.24) is 20.0 Å². The second-order valence-corrected chi connectivity index (χ2v) is 6.54. The first-order chi connectivity index (χ1) is 13.2. The molecule has 0 saturated carbocycles. The molecule has 4 rings (SSSR count). The van der Waals surface area contributed by atoms with Crippen molar-refractivity contribution in [2.75, 3.05) is 5.32 Å². The second-order valence-electron chi connectivity index (χ2n) is 5.68. The smallest absolute Gasteiger partial charge is 0.278 e. The number of nitrogens with zero attached hydrogens (tertiary/aromatic N) is 4. The van der Waals surface area contributed by atoms with Gasteiger partial charge in [0.15, 0.2) is 5.69 Å². The summed E-state index contributed by atoms with van der Waals surface area (Å²) in [5, 5.41) is 11.2. The largest absolute Gasteiger partial charge is 0.319 e. The van der Waals surface area contributed by atoms with E-state index in [1.54, 1.807) is 10.9 Å². The molecule has 0 unspecified atom stereocenters. The maximum absolute atomic E-state index is 12.9. The number of halogens is 1. The van der Waals surface area contributed by atoms with E-state index in [1.165, 1.54) is 0 Å². The number of rotatable bonds is 4. The fraction of sp³-hybridized carbons (Fsp3) is 0. The third-order valence-corrected chi connectivity index (χ3v) is 4.61. The molecule has 0 spiro atoms. The van der Waals surface area contributed by atoms with Gasteiger partial charge in [-0.15, -0.1) is 5.10 Å². The number of anilines is 1. The number of para-hydroxylation sites is 2. The minimum Gasteiger partial charge on any atom is -0.319 e. The Morgan fingerprint density at radius 2 is 1.67 bits per heavy atom. The molecule has 0 aliphatic rings. The first-order valence-corrected chi connectivity index (χ1v) is 9.02. The zero-order valence-corrected chi connectivity index (χ0v) is 15.7. The van der Waals surface area contributed by atoms with Crippen LogP contribution in [0.25, 0.3) is 17.1 Å². The van der Waals surface area contributed by atoms with E-state index in [0.29, 0.717) is 17.1 Å². The summed E-state index contributed by atoms with van der Waals surface area (Å²) in [4.78, 5) is 17.3. The van der Waals surface area contributed by atoms with E-state index in [0.717, 1.165) is 10.2 Å². The Balaban J connectivity index is 1.80. The van der Waals surface area contributed by atoms with E-state index in [1.807, 2.05) is 72.8 Å². The zero-order valence-electron chi connectivity index (χ0n) is 14.1. The molecule has 2 heterocycles. The van der Waals surface area contributed by atoms with Crippen LogP contribution < -0.4 is 5.32 Å². The predicted octanol–water partition coefficient (Wildman–Crippen LogP) is 4.34. The van der Waals surface area contributed by atoms with Crippen LogP contribution >= 0.6 is 15.9 Å². The van der Waals surface area contributed by atoms with Crippen molar-refractivity contribution >= 4 is 27.5 Å². The molecular weight excluding hydrogens is 406 g/mol. The van der Waals surface area contributed by atoms with Gasteiger partial charge >= 0.3 is 0 Å². The minimum absolute atomic E-state index is 0.202. The number of amides is 1. The summed E-state index contributed by atoms with van der Waals surface area (Å²) in [6, 6.07) is 22.4. The molecule has 0 atom stereocenters. The first kappa shape index (κ1) is 17.1. The Kier molecular flexibility index (Phi) is 4.76. The molecule has 1 amide bonds. The van der Waals surface area contributed by atoms with Crippen LogP contribution in [0.2, 0.25) is 0 Å². The maximum Gasteiger partial charge on any atom is 0.278 e. The van der Waals surface area contributed by atoms with Crippen LogP contribution in [-0.4, -0.2) is 25.9 Å². The molecule has 0 fully saturated rings. The molecule has 27 heavy (non-hydrogen) atoms. The fourth-order valence-corrected chi connectivity index (χ4v) is 3.05. The highest BCUT2D eigenvalue weighted by Gasteiger charge is 2.23. The molecule has 0 aliphatic heterocycles. The highest BCUT2D eigenvalue weighted by molar-refractivity contribution is 9.10. The lowest BCUT2D eigenvalue weighted by Gasteiger charge is -2.09. The van der Waals surface area contributed by atoms with Crippen molar-refractivity contribution in [2.45, 2.75) is 0 Å². The van der Waals surface area contributed by atoms with E-state index in [2.05, 4.69) is 36.5 Å². The summed E-state index contributed by atoms with van der Waals surface area (Å²) in [7, 11) is 0. The first-order valence-electron chi connectivity index (χ1n) is 8.22. The molecule has 6 nitrogen and oxygen atoms in total. The Hall–Kier alpha value is -3.32. The summed E-state index contributed by atoms with van der Waals surface area (Å²) in [6.07, 6.45) is 1.67. The SMILES string of the molecule is O=C(Nc1ccccc1Br)c1nnn(-c2ccccc2)c1-c1ccccn1. The van der Waals surface area contributed by atoms with Gasteiger partial charge in [0.1, 0.15) is 5.69 Å². The third-order valence-electron chi connectivity index (χ3n) is 3.92. The number of carbonyl (C=O) groups excluding carboxylic acids is 1. The molecule has 0 bridgehead atoms. The molecule has 132 valence electrons. The Morgan fingerprint density at radius 1 is 0.926 bits per heavy atom. The topological polar surface area (TPSA) is 72.7 Å². The average molecular weight is 420 g/mol. The van der Waals surface area contributed by atoms with Crippen molar-refractivity contribution in [2.24, 2.45) is 0 Å². The van der Waals surface area contributed by atoms with E-state index in [9.17, 15) is 4.79 Å². The molecule has 0 saturated heterocycles. The van der Waals surface area contributed by atoms with Crippen LogP contribution in [0, 0.1) is 0 Å². The Labute approximate surface area is 164 Å². The van der Waals surface area contributed by atoms with E-state index >= 15 is 0 Å². The van der Waals surface area contributed by atoms with Gasteiger partial charge in [0, 0.05) is 10.7 Å². The molecule has 7 heteroatoms. The van der Waals surface area contributed by atoms with Gasteiger partial charge in [-0.05, 0) is 52.3 Å². The molecule has 4 aromatic rings. The molecule has 2 aromatic heterocycles. The van der Waals surface area contributed by atoms with Crippen LogP contribution in [0.1, 0.15) is 10.5 Å². The number of aromatic nitrogens is 4. The van der Waals surface area contributed by atoms with Crippen molar-refractivity contribution in [3.05, 3.63) is 89.2 Å². The van der Waals surface area contributed by atoms with Gasteiger partial charge in [-0.1, -0.05) is 41.6 Å². The summed E-state index contributed by atoms with van der Waals surface area (Å²) in [5.41, 5.74) is 2.80. The van der Waals surface area contributed by atoms with Crippen molar-refractivity contribution in [3.8, 4) is 17.1 Å². The normalized spacial score (nSPS) is 10.6. The highest BCUT2D eigenvalue weighted by Crippen LogP contribution is 2.26. The Bertz CT molecular complexity index is 1080. The number of nitrogens with one attached hydrogen (secondary N) is 1. The van der Waals surface area contributed by atoms with Gasteiger partial charge in [-0.3, -0.25) is 9.78 Å². The molecule has 1 N–H and O–H groups in total. The predicted molar refractivity (Wildman–Crippen MR) is 107 cm³/mol. The lowest BCUT2D eigenvalue weighted by molar-refractivity contribution is 0.102. The van der Waals surface area contributed by atoms with Crippen LogP contribution in [0.15, 0.2) is 83.5 Å². The minimum atomic E-state index is -0.357. The number of carbonyl (C=O) groups is 1. The van der Waals surface area contributed by atoms with Gasteiger partial charge < -0.3 is 5.32 Å². The van der Waals surface area contributed by atoms with E-state index < -0.39 is 0 Å². The monoisotopic (exact) mass is 419 g/mol. The van der Waals surface area contributed by atoms with Crippen LogP contribution in [0.5, 0.6) is 0 Å². The molecular formula is C20H14BrN5O. The lowest BCUT2D eigenvalue weighted by Crippen LogP contribution is -2.14. The standard InChI is InChI=1S/C20H14BrN5O/c21-15-10-4-5-11-16(15)23-20(27)18-19(17-12-6-7-13-22-17)26(25-24-18)14-8-2-1-3-9-14/h1-13H,(H,23,27). The van der Waals surface area contributed by atoms with Gasteiger partial charge in [0.25, 0.3) is 5.91 Å². The maximum atomic E-state index is 12.9.